The molecule has 25 heavy (non-hydrogen) atoms. The summed E-state index contributed by atoms with van der Waals surface area (Å²) in [4.78, 5) is 27.7. The molecule has 124 valence electrons. The Morgan fingerprint density at radius 1 is 1.20 bits per heavy atom. The van der Waals surface area contributed by atoms with Gasteiger partial charge in [-0.15, -0.1) is 0 Å². The van der Waals surface area contributed by atoms with Crippen molar-refractivity contribution in [3.05, 3.63) is 48.3 Å². The monoisotopic (exact) mass is 335 g/mol. The lowest BCUT2D eigenvalue weighted by Gasteiger charge is -2.01. The zero-order chi connectivity index (χ0) is 17.2. The van der Waals surface area contributed by atoms with Crippen LogP contribution < -0.4 is 10.1 Å². The van der Waals surface area contributed by atoms with Crippen LogP contribution in [0.1, 0.15) is 10.4 Å². The van der Waals surface area contributed by atoms with Gasteiger partial charge >= 0.3 is 6.01 Å². The molecule has 0 aliphatic carbocycles. The zero-order valence-electron chi connectivity index (χ0n) is 13.1. The number of benzene rings is 1. The quantitative estimate of drug-likeness (QED) is 0.524. The highest BCUT2D eigenvalue weighted by Gasteiger charge is 2.12. The predicted octanol–water partition coefficient (Wildman–Crippen LogP) is 2.00. The van der Waals surface area contributed by atoms with Gasteiger partial charge in [0.1, 0.15) is 5.69 Å². The van der Waals surface area contributed by atoms with Crippen LogP contribution in [-0.2, 0) is 0 Å². The number of nitrogens with one attached hydrogen (secondary N) is 3. The van der Waals surface area contributed by atoms with E-state index in [4.69, 9.17) is 4.74 Å². The topological polar surface area (TPSA) is 121 Å². The normalized spacial score (nSPS) is 10.8. The molecular formula is C16H13N7O2. The summed E-state index contributed by atoms with van der Waals surface area (Å²) < 4.78 is 4.86. The minimum atomic E-state index is -0.370. The molecule has 0 saturated carbocycles. The first-order valence-electron chi connectivity index (χ1n) is 7.41. The minimum absolute atomic E-state index is 0.198. The molecule has 0 radical (unpaired) electrons. The number of aromatic amines is 2. The summed E-state index contributed by atoms with van der Waals surface area (Å²) in [6.07, 6.45) is 2.77. The molecule has 3 N–H and O–H groups in total. The van der Waals surface area contributed by atoms with Crippen molar-refractivity contribution in [3.8, 4) is 17.5 Å². The van der Waals surface area contributed by atoms with Crippen LogP contribution in [0.4, 0.5) is 5.82 Å². The van der Waals surface area contributed by atoms with Crippen LogP contribution in [0.5, 0.6) is 6.01 Å². The molecule has 9 nitrogen and oxygen atoms in total. The summed E-state index contributed by atoms with van der Waals surface area (Å²) in [5, 5.41) is 9.60. The number of fused-ring (bicyclic) bond motifs is 1. The second-order valence-electron chi connectivity index (χ2n) is 5.18. The average Bonchev–Trinajstić information content (AvgIpc) is 3.28. The summed E-state index contributed by atoms with van der Waals surface area (Å²) in [7, 11) is 1.46. The van der Waals surface area contributed by atoms with Gasteiger partial charge in [0.2, 0.25) is 0 Å². The van der Waals surface area contributed by atoms with Gasteiger partial charge in [0.05, 0.1) is 23.7 Å². The van der Waals surface area contributed by atoms with E-state index in [2.05, 4.69) is 35.5 Å². The largest absolute Gasteiger partial charge is 0.467 e. The second kappa shape index (κ2) is 6.04. The first-order chi connectivity index (χ1) is 12.2. The van der Waals surface area contributed by atoms with E-state index >= 15 is 0 Å². The first kappa shape index (κ1) is 14.8. The number of rotatable bonds is 4. The number of anilines is 1. The molecule has 0 saturated heterocycles. The van der Waals surface area contributed by atoms with E-state index in [0.29, 0.717) is 22.9 Å². The predicted molar refractivity (Wildman–Crippen MR) is 90.2 cm³/mol. The van der Waals surface area contributed by atoms with Crippen molar-refractivity contribution in [3.63, 3.8) is 0 Å². The van der Waals surface area contributed by atoms with E-state index in [0.717, 1.165) is 11.0 Å². The Kier molecular flexibility index (Phi) is 3.58. The highest BCUT2D eigenvalue weighted by Crippen LogP contribution is 2.20. The van der Waals surface area contributed by atoms with Crippen LogP contribution in [0.2, 0.25) is 0 Å². The standard InChI is InChI=1S/C16H13N7O2/c1-25-16-17-7-9(8-18-16)15(24)21-13-6-12(22-23-13)14-19-10-4-2-3-5-11(10)20-14/h2-8H,1H3,(H,19,20)(H2,21,22,23,24). The van der Waals surface area contributed by atoms with E-state index in [1.165, 1.54) is 19.5 Å². The van der Waals surface area contributed by atoms with E-state index in [9.17, 15) is 4.79 Å². The molecule has 1 aromatic carbocycles. The van der Waals surface area contributed by atoms with Gasteiger partial charge in [-0.05, 0) is 12.1 Å². The van der Waals surface area contributed by atoms with E-state index in [-0.39, 0.29) is 11.9 Å². The Balaban J connectivity index is 1.53. The number of ether oxygens (including phenoxy) is 1. The molecule has 9 heteroatoms. The van der Waals surface area contributed by atoms with Crippen molar-refractivity contribution in [1.82, 2.24) is 30.1 Å². The Morgan fingerprint density at radius 2 is 2.00 bits per heavy atom. The number of carbonyl (C=O) groups is 1. The summed E-state index contributed by atoms with van der Waals surface area (Å²) in [6, 6.07) is 9.60. The Labute approximate surface area is 141 Å². The van der Waals surface area contributed by atoms with Crippen molar-refractivity contribution < 1.29 is 9.53 Å². The molecule has 3 heterocycles. The van der Waals surface area contributed by atoms with E-state index in [1.807, 2.05) is 24.3 Å². The lowest BCUT2D eigenvalue weighted by Crippen LogP contribution is -2.13. The summed E-state index contributed by atoms with van der Waals surface area (Å²) in [6.45, 7) is 0. The van der Waals surface area contributed by atoms with Crippen molar-refractivity contribution in [1.29, 1.82) is 0 Å². The van der Waals surface area contributed by atoms with Crippen molar-refractivity contribution in [2.75, 3.05) is 12.4 Å². The molecule has 0 spiro atoms. The van der Waals surface area contributed by atoms with Crippen molar-refractivity contribution in [2.24, 2.45) is 0 Å². The summed E-state index contributed by atoms with van der Waals surface area (Å²) in [5.74, 6) is 0.642. The number of imidazole rings is 1. The minimum Gasteiger partial charge on any atom is -0.467 e. The van der Waals surface area contributed by atoms with Crippen molar-refractivity contribution in [2.45, 2.75) is 0 Å². The smallest absolute Gasteiger partial charge is 0.316 e. The van der Waals surface area contributed by atoms with Crippen LogP contribution in [0, 0.1) is 0 Å². The number of amides is 1. The zero-order valence-corrected chi connectivity index (χ0v) is 13.1. The molecule has 3 aromatic heterocycles. The van der Waals surface area contributed by atoms with Crippen LogP contribution in [0.3, 0.4) is 0 Å². The molecule has 0 fully saturated rings. The SMILES string of the molecule is COc1ncc(C(=O)Nc2cc(-c3nc4ccccc4[nH]3)[nH]n2)cn1. The van der Waals surface area contributed by atoms with E-state index in [1.54, 1.807) is 6.07 Å². The molecule has 1 amide bonds. The fraction of sp³-hybridized carbons (Fsp3) is 0.0625. The van der Waals surface area contributed by atoms with E-state index < -0.39 is 0 Å². The third-order valence-corrected chi connectivity index (χ3v) is 3.54. The van der Waals surface area contributed by atoms with Crippen molar-refractivity contribution >= 4 is 22.8 Å². The molecule has 0 atom stereocenters. The van der Waals surface area contributed by atoms with Gasteiger partial charge in [-0.25, -0.2) is 15.0 Å². The third kappa shape index (κ3) is 2.90. The number of methoxy groups -OCH3 is 1. The number of hydrogen-bond donors (Lipinski definition) is 3. The molecule has 0 aliphatic heterocycles. The Bertz CT molecular complexity index is 1000. The first-order valence-corrected chi connectivity index (χ1v) is 7.41. The lowest BCUT2D eigenvalue weighted by atomic mass is 10.3. The maximum atomic E-state index is 12.2. The molecule has 4 aromatic rings. The average molecular weight is 335 g/mol. The van der Waals surface area contributed by atoms with Gasteiger partial charge in [-0.2, -0.15) is 5.10 Å². The maximum Gasteiger partial charge on any atom is 0.316 e. The number of hydrogen-bond acceptors (Lipinski definition) is 6. The van der Waals surface area contributed by atoms with Gasteiger partial charge in [0, 0.05) is 18.5 Å². The van der Waals surface area contributed by atoms with Gasteiger partial charge in [-0.3, -0.25) is 9.89 Å². The fourth-order valence-electron chi connectivity index (χ4n) is 2.31. The lowest BCUT2D eigenvalue weighted by molar-refractivity contribution is 0.102. The van der Waals surface area contributed by atoms with Gasteiger partial charge in [0.25, 0.3) is 5.91 Å². The third-order valence-electron chi connectivity index (χ3n) is 3.54. The highest BCUT2D eigenvalue weighted by atomic mass is 16.5. The van der Waals surface area contributed by atoms with Gasteiger partial charge < -0.3 is 15.0 Å². The number of H-pyrrole nitrogens is 2. The maximum absolute atomic E-state index is 12.2. The van der Waals surface area contributed by atoms with Gasteiger partial charge in [-0.1, -0.05) is 12.1 Å². The molecule has 0 aliphatic rings. The fourth-order valence-corrected chi connectivity index (χ4v) is 2.31. The summed E-state index contributed by atoms with van der Waals surface area (Å²) >= 11 is 0. The second-order valence-corrected chi connectivity index (χ2v) is 5.18. The Hall–Kier alpha value is -3.75. The Morgan fingerprint density at radius 3 is 2.76 bits per heavy atom. The summed E-state index contributed by atoms with van der Waals surface area (Å²) in [5.41, 5.74) is 2.74. The molecule has 0 unspecified atom stereocenters. The van der Waals surface area contributed by atoms with Crippen LogP contribution in [0.25, 0.3) is 22.6 Å². The molecular weight excluding hydrogens is 322 g/mol. The van der Waals surface area contributed by atoms with Crippen LogP contribution in [-0.4, -0.2) is 43.2 Å². The number of nitrogens with zero attached hydrogens (tertiary/aromatic N) is 4. The van der Waals surface area contributed by atoms with Crippen LogP contribution in [0.15, 0.2) is 42.7 Å². The molecule has 4 rings (SSSR count). The number of para-hydroxylation sites is 2. The number of aromatic nitrogens is 6. The molecule has 0 bridgehead atoms. The van der Waals surface area contributed by atoms with Crippen LogP contribution >= 0.6 is 0 Å². The highest BCUT2D eigenvalue weighted by molar-refractivity contribution is 6.03. The number of carbonyl (C=O) groups excluding carboxylic acids is 1. The van der Waals surface area contributed by atoms with Gasteiger partial charge in [0.15, 0.2) is 11.6 Å².